The summed E-state index contributed by atoms with van der Waals surface area (Å²) in [6.07, 6.45) is 0.104. The fourth-order valence-corrected chi connectivity index (χ4v) is 2.85. The van der Waals surface area contributed by atoms with Crippen LogP contribution in [0.2, 0.25) is 0 Å². The van der Waals surface area contributed by atoms with Crippen molar-refractivity contribution in [2.45, 2.75) is 25.3 Å². The van der Waals surface area contributed by atoms with E-state index in [-0.39, 0.29) is 24.4 Å². The van der Waals surface area contributed by atoms with E-state index in [1.807, 2.05) is 0 Å². The number of halogens is 2. The van der Waals surface area contributed by atoms with E-state index >= 15 is 0 Å². The first kappa shape index (κ1) is 17.8. The number of carbonyl (C=O) groups excluding carboxylic acids is 2. The Bertz CT molecular complexity index is 665. The molecule has 1 fully saturated rings. The number of nitrogens with zero attached hydrogens (tertiary/aromatic N) is 1. The molecular weight excluding hydrogens is 322 g/mol. The highest BCUT2D eigenvalue weighted by molar-refractivity contribution is 5.87. The molecule has 2 atom stereocenters. The van der Waals surface area contributed by atoms with Gasteiger partial charge >= 0.3 is 5.97 Å². The highest BCUT2D eigenvalue weighted by Gasteiger charge is 2.38. The lowest BCUT2D eigenvalue weighted by molar-refractivity contribution is -0.154. The SMILES string of the molecule is CNC(=O)[C@H]1CC[C@@H](C(=O)O)N(C(=O)Cc2ccc(F)cc2F)C1. The summed E-state index contributed by atoms with van der Waals surface area (Å²) in [5.74, 6) is -4.18. The molecule has 1 saturated heterocycles. The maximum absolute atomic E-state index is 13.7. The van der Waals surface area contributed by atoms with E-state index in [1.165, 1.54) is 7.05 Å². The van der Waals surface area contributed by atoms with Crippen molar-refractivity contribution in [3.8, 4) is 0 Å². The Morgan fingerprint density at radius 1 is 1.29 bits per heavy atom. The molecule has 2 N–H and O–H groups in total. The minimum absolute atomic E-state index is 0.0207. The smallest absolute Gasteiger partial charge is 0.326 e. The van der Waals surface area contributed by atoms with E-state index in [0.29, 0.717) is 12.5 Å². The lowest BCUT2D eigenvalue weighted by Crippen LogP contribution is -2.53. The molecule has 0 unspecified atom stereocenters. The number of carbonyl (C=O) groups is 3. The molecule has 0 aliphatic carbocycles. The first-order valence-corrected chi connectivity index (χ1v) is 7.51. The molecule has 1 aliphatic rings. The fraction of sp³-hybridized carbons (Fsp3) is 0.438. The molecule has 24 heavy (non-hydrogen) atoms. The zero-order valence-electron chi connectivity index (χ0n) is 13.1. The first-order chi connectivity index (χ1) is 11.3. The Hall–Kier alpha value is -2.51. The van der Waals surface area contributed by atoms with Gasteiger partial charge in [-0.15, -0.1) is 0 Å². The van der Waals surface area contributed by atoms with Crippen molar-refractivity contribution in [1.29, 1.82) is 0 Å². The monoisotopic (exact) mass is 340 g/mol. The average molecular weight is 340 g/mol. The van der Waals surface area contributed by atoms with Gasteiger partial charge < -0.3 is 15.3 Å². The lowest BCUT2D eigenvalue weighted by atomic mass is 9.91. The van der Waals surface area contributed by atoms with Gasteiger partial charge in [0.1, 0.15) is 17.7 Å². The van der Waals surface area contributed by atoms with Crippen molar-refractivity contribution < 1.29 is 28.3 Å². The zero-order chi connectivity index (χ0) is 17.9. The summed E-state index contributed by atoms with van der Waals surface area (Å²) in [5, 5.41) is 11.8. The predicted molar refractivity (Wildman–Crippen MR) is 80.0 cm³/mol. The van der Waals surface area contributed by atoms with Crippen LogP contribution in [0.4, 0.5) is 8.78 Å². The third kappa shape index (κ3) is 3.87. The topological polar surface area (TPSA) is 86.7 Å². The minimum atomic E-state index is -1.17. The Morgan fingerprint density at radius 2 is 2.00 bits per heavy atom. The number of nitrogens with one attached hydrogen (secondary N) is 1. The maximum atomic E-state index is 13.7. The van der Waals surface area contributed by atoms with Gasteiger partial charge in [0.15, 0.2) is 0 Å². The molecule has 130 valence electrons. The summed E-state index contributed by atoms with van der Waals surface area (Å²) in [7, 11) is 1.46. The van der Waals surface area contributed by atoms with Gasteiger partial charge in [-0.2, -0.15) is 0 Å². The standard InChI is InChI=1S/C16H18F2N2O4/c1-19-15(22)10-3-5-13(16(23)24)20(8-10)14(21)6-9-2-4-11(17)7-12(9)18/h2,4,7,10,13H,3,5-6,8H2,1H3,(H,19,22)(H,23,24)/t10-,13-/m0/s1. The largest absolute Gasteiger partial charge is 0.480 e. The van der Waals surface area contributed by atoms with Crippen LogP contribution in [-0.2, 0) is 20.8 Å². The van der Waals surface area contributed by atoms with E-state index in [1.54, 1.807) is 0 Å². The second-order valence-electron chi connectivity index (χ2n) is 5.70. The van der Waals surface area contributed by atoms with E-state index < -0.39 is 41.9 Å². The van der Waals surface area contributed by atoms with Crippen molar-refractivity contribution >= 4 is 17.8 Å². The third-order valence-corrected chi connectivity index (χ3v) is 4.16. The first-order valence-electron chi connectivity index (χ1n) is 7.51. The molecule has 0 saturated carbocycles. The van der Waals surface area contributed by atoms with E-state index in [4.69, 9.17) is 0 Å². The Balaban J connectivity index is 2.18. The molecule has 0 bridgehead atoms. The van der Waals surface area contributed by atoms with Crippen LogP contribution >= 0.6 is 0 Å². The third-order valence-electron chi connectivity index (χ3n) is 4.16. The average Bonchev–Trinajstić information content (AvgIpc) is 2.55. The van der Waals surface area contributed by atoms with Crippen LogP contribution in [0.25, 0.3) is 0 Å². The number of benzene rings is 1. The number of aliphatic carboxylic acids is 1. The van der Waals surface area contributed by atoms with Gasteiger partial charge in [-0.05, 0) is 24.5 Å². The summed E-state index contributed by atoms with van der Waals surface area (Å²) in [5.41, 5.74) is -0.0207. The second-order valence-corrected chi connectivity index (χ2v) is 5.70. The summed E-state index contributed by atoms with van der Waals surface area (Å²) in [6.45, 7) is -0.0434. The summed E-state index contributed by atoms with van der Waals surface area (Å²) in [4.78, 5) is 36.7. The predicted octanol–water partition coefficient (Wildman–Crippen LogP) is 0.945. The van der Waals surface area contributed by atoms with Gasteiger partial charge in [-0.3, -0.25) is 9.59 Å². The fourth-order valence-electron chi connectivity index (χ4n) is 2.85. The van der Waals surface area contributed by atoms with Gasteiger partial charge in [-0.1, -0.05) is 6.07 Å². The van der Waals surface area contributed by atoms with Crippen LogP contribution in [0.1, 0.15) is 18.4 Å². The molecule has 2 rings (SSSR count). The van der Waals surface area contributed by atoms with Crippen molar-refractivity contribution in [2.75, 3.05) is 13.6 Å². The molecule has 8 heteroatoms. The normalized spacial score (nSPS) is 20.5. The van der Waals surface area contributed by atoms with Crippen LogP contribution in [0.5, 0.6) is 0 Å². The molecule has 0 radical (unpaired) electrons. The maximum Gasteiger partial charge on any atom is 0.326 e. The number of carboxylic acids is 1. The van der Waals surface area contributed by atoms with Gasteiger partial charge in [-0.25, -0.2) is 13.6 Å². The van der Waals surface area contributed by atoms with Crippen LogP contribution in [0, 0.1) is 17.6 Å². The number of rotatable bonds is 4. The van der Waals surface area contributed by atoms with E-state index in [9.17, 15) is 28.3 Å². The Morgan fingerprint density at radius 3 is 2.58 bits per heavy atom. The lowest BCUT2D eigenvalue weighted by Gasteiger charge is -2.36. The molecule has 6 nitrogen and oxygen atoms in total. The van der Waals surface area contributed by atoms with Gasteiger partial charge in [0.25, 0.3) is 0 Å². The molecular formula is C16H18F2N2O4. The number of piperidine rings is 1. The van der Waals surface area contributed by atoms with Crippen LogP contribution in [0.15, 0.2) is 18.2 Å². The van der Waals surface area contributed by atoms with Crippen LogP contribution in [0.3, 0.4) is 0 Å². The number of likely N-dealkylation sites (tertiary alicyclic amines) is 1. The number of amides is 2. The Labute approximate surface area is 137 Å². The van der Waals surface area contributed by atoms with Gasteiger partial charge in [0, 0.05) is 19.7 Å². The molecule has 0 spiro atoms. The van der Waals surface area contributed by atoms with Crippen molar-refractivity contribution in [1.82, 2.24) is 10.2 Å². The number of hydrogen-bond donors (Lipinski definition) is 2. The summed E-state index contributed by atoms with van der Waals surface area (Å²) in [6, 6.07) is 1.80. The molecule has 1 heterocycles. The molecule has 1 aliphatic heterocycles. The quantitative estimate of drug-likeness (QED) is 0.854. The Kier molecular flexibility index (Phi) is 5.48. The van der Waals surface area contributed by atoms with Gasteiger partial charge in [0.05, 0.1) is 12.3 Å². The van der Waals surface area contributed by atoms with Crippen molar-refractivity contribution in [3.05, 3.63) is 35.4 Å². The molecule has 2 amide bonds. The zero-order valence-corrected chi connectivity index (χ0v) is 13.1. The molecule has 1 aromatic rings. The van der Waals surface area contributed by atoms with Crippen molar-refractivity contribution in [3.63, 3.8) is 0 Å². The van der Waals surface area contributed by atoms with Crippen LogP contribution in [-0.4, -0.2) is 47.4 Å². The van der Waals surface area contributed by atoms with E-state index in [0.717, 1.165) is 17.0 Å². The molecule has 1 aromatic carbocycles. The highest BCUT2D eigenvalue weighted by atomic mass is 19.1. The second kappa shape index (κ2) is 7.37. The summed E-state index contributed by atoms with van der Waals surface area (Å²) >= 11 is 0. The van der Waals surface area contributed by atoms with Crippen molar-refractivity contribution in [2.24, 2.45) is 5.92 Å². The minimum Gasteiger partial charge on any atom is -0.480 e. The number of hydrogen-bond acceptors (Lipinski definition) is 3. The van der Waals surface area contributed by atoms with Gasteiger partial charge in [0.2, 0.25) is 11.8 Å². The van der Waals surface area contributed by atoms with E-state index in [2.05, 4.69) is 5.32 Å². The number of carboxylic acid groups (broad SMARTS) is 1. The highest BCUT2D eigenvalue weighted by Crippen LogP contribution is 2.24. The van der Waals surface area contributed by atoms with Crippen LogP contribution < -0.4 is 5.32 Å². The summed E-state index contributed by atoms with van der Waals surface area (Å²) < 4.78 is 26.6. The molecule has 0 aromatic heterocycles.